The van der Waals surface area contributed by atoms with Gasteiger partial charge in [-0.3, -0.25) is 29.8 Å². The molecular weight excluding hydrogens is 260 g/mol. The molecule has 0 amide bonds. The zero-order valence-electron chi connectivity index (χ0n) is 9.06. The molecule has 9 nitrogen and oxygen atoms in total. The molecule has 9 heteroatoms. The number of rotatable bonds is 4. The van der Waals surface area contributed by atoms with Crippen molar-refractivity contribution in [1.82, 2.24) is 0 Å². The van der Waals surface area contributed by atoms with Crippen LogP contribution in [0.5, 0.6) is 11.5 Å². The summed E-state index contributed by atoms with van der Waals surface area (Å²) < 4.78 is 4.92. The number of nitro benzene ring substituents is 2. The Labute approximate surface area is 103 Å². The van der Waals surface area contributed by atoms with Gasteiger partial charge in [0.25, 0.3) is 5.43 Å². The monoisotopic (exact) mass is 264 g/mol. The quantitative estimate of drug-likeness (QED) is 0.455. The summed E-state index contributed by atoms with van der Waals surface area (Å²) in [5.74, 6) is -0.391. The average molecular weight is 264 g/mol. The van der Waals surface area contributed by atoms with Crippen molar-refractivity contribution in [3.8, 4) is 11.5 Å². The second-order valence-corrected chi connectivity index (χ2v) is 3.47. The zero-order chi connectivity index (χ0) is 14.2. The molecule has 0 aliphatic carbocycles. The maximum absolute atomic E-state index is 11.0. The molecule has 0 atom stereocenters. The SMILES string of the molecule is O=c1cc(Oc2ccc([N+](=O)[O-])c([N+](=O)[O-])c2)c1=O. The molecule has 0 heterocycles. The third-order valence-corrected chi connectivity index (χ3v) is 2.28. The van der Waals surface area contributed by atoms with Crippen LogP contribution in [-0.2, 0) is 0 Å². The number of ether oxygens (including phenoxy) is 1. The van der Waals surface area contributed by atoms with E-state index in [9.17, 15) is 29.8 Å². The smallest absolute Gasteiger partial charge is 0.349 e. The molecule has 0 saturated heterocycles. The minimum absolute atomic E-state index is 0.135. The molecule has 0 spiro atoms. The summed E-state index contributed by atoms with van der Waals surface area (Å²) in [6, 6.07) is 3.73. The minimum Gasteiger partial charge on any atom is -0.453 e. The van der Waals surface area contributed by atoms with E-state index in [0.717, 1.165) is 24.3 Å². The summed E-state index contributed by atoms with van der Waals surface area (Å²) in [5.41, 5.74) is -3.03. The average Bonchev–Trinajstić information content (AvgIpc) is 2.37. The lowest BCUT2D eigenvalue weighted by Crippen LogP contribution is -2.29. The van der Waals surface area contributed by atoms with Crippen molar-refractivity contribution in [2.45, 2.75) is 0 Å². The van der Waals surface area contributed by atoms with E-state index in [1.807, 2.05) is 0 Å². The maximum atomic E-state index is 11.0. The summed E-state index contributed by atoms with van der Waals surface area (Å²) in [7, 11) is 0. The van der Waals surface area contributed by atoms with Crippen LogP contribution in [0.3, 0.4) is 0 Å². The Morgan fingerprint density at radius 2 is 1.58 bits per heavy atom. The van der Waals surface area contributed by atoms with Crippen molar-refractivity contribution >= 4 is 11.4 Å². The van der Waals surface area contributed by atoms with Crippen molar-refractivity contribution < 1.29 is 14.6 Å². The Morgan fingerprint density at radius 1 is 0.947 bits per heavy atom. The van der Waals surface area contributed by atoms with Crippen LogP contribution in [0.4, 0.5) is 11.4 Å². The van der Waals surface area contributed by atoms with Crippen molar-refractivity contribution in [3.05, 3.63) is 64.9 Å². The van der Waals surface area contributed by atoms with Crippen LogP contribution in [0.1, 0.15) is 0 Å². The van der Waals surface area contributed by atoms with E-state index in [2.05, 4.69) is 0 Å². The van der Waals surface area contributed by atoms with Crippen LogP contribution in [0, 0.1) is 20.2 Å². The first-order valence-electron chi connectivity index (χ1n) is 4.81. The van der Waals surface area contributed by atoms with Gasteiger partial charge in [-0.2, -0.15) is 0 Å². The van der Waals surface area contributed by atoms with Gasteiger partial charge in [-0.15, -0.1) is 0 Å². The maximum Gasteiger partial charge on any atom is 0.349 e. The highest BCUT2D eigenvalue weighted by molar-refractivity contribution is 5.56. The van der Waals surface area contributed by atoms with E-state index in [4.69, 9.17) is 4.74 Å². The van der Waals surface area contributed by atoms with Gasteiger partial charge in [-0.05, 0) is 6.07 Å². The van der Waals surface area contributed by atoms with E-state index < -0.39 is 32.1 Å². The van der Waals surface area contributed by atoms with Gasteiger partial charge in [0, 0.05) is 12.1 Å². The summed E-state index contributed by atoms with van der Waals surface area (Å²) in [4.78, 5) is 41.0. The largest absolute Gasteiger partial charge is 0.453 e. The van der Waals surface area contributed by atoms with Crippen LogP contribution < -0.4 is 15.6 Å². The summed E-state index contributed by atoms with van der Waals surface area (Å²) in [6.07, 6.45) is 0. The van der Waals surface area contributed by atoms with Gasteiger partial charge in [0.15, 0.2) is 5.75 Å². The van der Waals surface area contributed by atoms with Crippen LogP contribution in [-0.4, -0.2) is 9.85 Å². The van der Waals surface area contributed by atoms with Crippen LogP contribution in [0.15, 0.2) is 33.9 Å². The molecule has 0 aromatic heterocycles. The van der Waals surface area contributed by atoms with Crippen molar-refractivity contribution in [2.75, 3.05) is 0 Å². The zero-order valence-corrected chi connectivity index (χ0v) is 9.06. The second-order valence-electron chi connectivity index (χ2n) is 3.47. The minimum atomic E-state index is -0.937. The number of hydrogen-bond acceptors (Lipinski definition) is 7. The Bertz CT molecular complexity index is 757. The molecular formula is C10H4N2O7. The lowest BCUT2D eigenvalue weighted by molar-refractivity contribution is -0.422. The summed E-state index contributed by atoms with van der Waals surface area (Å²) >= 11 is 0. The van der Waals surface area contributed by atoms with Gasteiger partial charge >= 0.3 is 11.4 Å². The Hall–Kier alpha value is -3.10. The van der Waals surface area contributed by atoms with E-state index in [1.165, 1.54) is 0 Å². The van der Waals surface area contributed by atoms with Crippen LogP contribution in [0.2, 0.25) is 0 Å². The summed E-state index contributed by atoms with van der Waals surface area (Å²) in [6.45, 7) is 0. The standard InChI is InChI=1S/C10H4N2O7/c13-8-4-9(10(8)14)19-5-1-2-6(11(15)16)7(3-5)12(17)18/h1-4H. The van der Waals surface area contributed by atoms with Gasteiger partial charge in [0.1, 0.15) is 5.75 Å². The van der Waals surface area contributed by atoms with Gasteiger partial charge < -0.3 is 4.74 Å². The molecule has 2 rings (SSSR count). The van der Waals surface area contributed by atoms with Crippen LogP contribution >= 0.6 is 0 Å². The normalized spacial score (nSPS) is 10.3. The van der Waals surface area contributed by atoms with Gasteiger partial charge in [0.05, 0.1) is 15.9 Å². The van der Waals surface area contributed by atoms with Gasteiger partial charge in [0.2, 0.25) is 5.43 Å². The number of nitrogens with zero attached hydrogens (tertiary/aromatic N) is 2. The first-order valence-corrected chi connectivity index (χ1v) is 4.81. The fourth-order valence-corrected chi connectivity index (χ4v) is 1.36. The highest BCUT2D eigenvalue weighted by Crippen LogP contribution is 2.32. The third-order valence-electron chi connectivity index (χ3n) is 2.28. The molecule has 19 heavy (non-hydrogen) atoms. The van der Waals surface area contributed by atoms with Crippen molar-refractivity contribution in [2.24, 2.45) is 0 Å². The lowest BCUT2D eigenvalue weighted by Gasteiger charge is -2.05. The van der Waals surface area contributed by atoms with Crippen LogP contribution in [0.25, 0.3) is 0 Å². The predicted octanol–water partition coefficient (Wildman–Crippen LogP) is 0.891. The van der Waals surface area contributed by atoms with E-state index in [-0.39, 0.29) is 11.5 Å². The predicted molar refractivity (Wildman–Crippen MR) is 61.2 cm³/mol. The molecule has 0 bridgehead atoms. The van der Waals surface area contributed by atoms with E-state index in [0.29, 0.717) is 0 Å². The molecule has 0 aliphatic rings. The fourth-order valence-electron chi connectivity index (χ4n) is 1.36. The Balaban J connectivity index is 2.39. The first-order chi connectivity index (χ1) is 8.90. The molecule has 0 N–H and O–H groups in total. The second kappa shape index (κ2) is 4.29. The molecule has 0 saturated carbocycles. The van der Waals surface area contributed by atoms with Gasteiger partial charge in [-0.1, -0.05) is 0 Å². The lowest BCUT2D eigenvalue weighted by atomic mass is 10.2. The Morgan fingerprint density at radius 3 is 2.05 bits per heavy atom. The number of benzene rings is 1. The van der Waals surface area contributed by atoms with Crippen molar-refractivity contribution in [3.63, 3.8) is 0 Å². The highest BCUT2D eigenvalue weighted by atomic mass is 16.6. The van der Waals surface area contributed by atoms with E-state index in [1.54, 1.807) is 0 Å². The molecule has 0 unspecified atom stereocenters. The first kappa shape index (κ1) is 12.4. The molecule has 2 aromatic carbocycles. The number of hydrogen-bond donors (Lipinski definition) is 0. The molecule has 0 aliphatic heterocycles. The third kappa shape index (κ3) is 2.16. The number of nitro groups is 2. The fraction of sp³-hybridized carbons (Fsp3) is 0. The molecule has 0 radical (unpaired) electrons. The molecule has 96 valence electrons. The topological polar surface area (TPSA) is 130 Å². The molecule has 0 fully saturated rings. The summed E-state index contributed by atoms with van der Waals surface area (Å²) in [5, 5.41) is 21.2. The molecule has 2 aromatic rings. The Kier molecular flexibility index (Phi) is 2.79. The highest BCUT2D eigenvalue weighted by Gasteiger charge is 2.25. The van der Waals surface area contributed by atoms with E-state index >= 15 is 0 Å². The van der Waals surface area contributed by atoms with Crippen molar-refractivity contribution in [1.29, 1.82) is 0 Å². The van der Waals surface area contributed by atoms with Gasteiger partial charge in [-0.25, -0.2) is 0 Å².